The summed E-state index contributed by atoms with van der Waals surface area (Å²) in [6.45, 7) is 0. The second-order valence-electron chi connectivity index (χ2n) is 3.45. The molecule has 2 aromatic rings. The average molecular weight is 345 g/mol. The number of aromatic nitrogens is 2. The van der Waals surface area contributed by atoms with Crippen molar-refractivity contribution in [2.75, 3.05) is 5.32 Å². The van der Waals surface area contributed by atoms with Crippen LogP contribution in [0.4, 0.5) is 5.82 Å². The Labute approximate surface area is 121 Å². The Kier molecular flexibility index (Phi) is 3.79. The Balaban J connectivity index is 2.30. The van der Waals surface area contributed by atoms with E-state index in [2.05, 4.69) is 26.3 Å². The van der Waals surface area contributed by atoms with Crippen molar-refractivity contribution < 1.29 is 4.79 Å². The maximum atomic E-state index is 12.1. The van der Waals surface area contributed by atoms with Crippen molar-refractivity contribution in [2.24, 2.45) is 12.8 Å². The Bertz CT molecular complexity index is 619. The molecule has 0 atom stereocenters. The number of rotatable bonds is 3. The number of aryl methyl sites for hydroxylation is 1. The standard InChI is InChI=1S/C10H9BrN4OS2/c1-15-9(5(4-13-15)8(12)17)14-10(16)7-6(11)2-3-18-7/h2-4H,1H3,(H2,12,17)(H,14,16). The van der Waals surface area contributed by atoms with E-state index in [-0.39, 0.29) is 10.9 Å². The Morgan fingerprint density at radius 3 is 2.94 bits per heavy atom. The normalized spacial score (nSPS) is 10.3. The minimum absolute atomic E-state index is 0.198. The van der Waals surface area contributed by atoms with E-state index >= 15 is 0 Å². The van der Waals surface area contributed by atoms with Gasteiger partial charge < -0.3 is 11.1 Å². The minimum atomic E-state index is -0.224. The van der Waals surface area contributed by atoms with E-state index in [0.717, 1.165) is 4.47 Å². The molecule has 0 unspecified atom stereocenters. The zero-order chi connectivity index (χ0) is 13.3. The first-order valence-corrected chi connectivity index (χ1v) is 6.95. The number of nitrogens with two attached hydrogens (primary N) is 1. The summed E-state index contributed by atoms with van der Waals surface area (Å²) in [5.41, 5.74) is 6.12. The van der Waals surface area contributed by atoms with Gasteiger partial charge in [0.1, 0.15) is 15.7 Å². The monoisotopic (exact) mass is 344 g/mol. The molecule has 0 aliphatic rings. The lowest BCUT2D eigenvalue weighted by atomic mass is 10.3. The van der Waals surface area contributed by atoms with Crippen molar-refractivity contribution in [3.05, 3.63) is 32.6 Å². The van der Waals surface area contributed by atoms with Gasteiger partial charge in [-0.25, -0.2) is 0 Å². The molecule has 3 N–H and O–H groups in total. The van der Waals surface area contributed by atoms with E-state index in [4.69, 9.17) is 18.0 Å². The first kappa shape index (κ1) is 13.2. The van der Waals surface area contributed by atoms with Gasteiger partial charge in [-0.15, -0.1) is 11.3 Å². The van der Waals surface area contributed by atoms with Gasteiger partial charge in [0.2, 0.25) is 0 Å². The second-order valence-corrected chi connectivity index (χ2v) is 5.66. The highest BCUT2D eigenvalue weighted by Gasteiger charge is 2.17. The van der Waals surface area contributed by atoms with Gasteiger partial charge in [-0.2, -0.15) is 5.10 Å². The molecule has 94 valence electrons. The summed E-state index contributed by atoms with van der Waals surface area (Å²) >= 11 is 9.57. The quantitative estimate of drug-likeness (QED) is 0.836. The smallest absolute Gasteiger partial charge is 0.268 e. The number of thiophene rings is 1. The summed E-state index contributed by atoms with van der Waals surface area (Å²) in [5.74, 6) is 0.269. The number of hydrogen-bond donors (Lipinski definition) is 2. The molecule has 0 bridgehead atoms. The predicted molar refractivity (Wildman–Crippen MR) is 79.1 cm³/mol. The number of halogens is 1. The zero-order valence-electron chi connectivity index (χ0n) is 9.31. The van der Waals surface area contributed by atoms with Crippen LogP contribution in [0.2, 0.25) is 0 Å². The van der Waals surface area contributed by atoms with E-state index in [1.54, 1.807) is 7.05 Å². The van der Waals surface area contributed by atoms with Crippen LogP contribution in [0, 0.1) is 0 Å². The maximum absolute atomic E-state index is 12.1. The van der Waals surface area contributed by atoms with Crippen molar-refractivity contribution in [3.63, 3.8) is 0 Å². The summed E-state index contributed by atoms with van der Waals surface area (Å²) in [5, 5.41) is 8.61. The third-order valence-electron chi connectivity index (χ3n) is 2.26. The molecule has 1 amide bonds. The molecule has 0 aliphatic heterocycles. The van der Waals surface area contributed by atoms with Crippen molar-refractivity contribution in [1.29, 1.82) is 0 Å². The van der Waals surface area contributed by atoms with Gasteiger partial charge in [-0.05, 0) is 27.4 Å². The van der Waals surface area contributed by atoms with Crippen LogP contribution < -0.4 is 11.1 Å². The van der Waals surface area contributed by atoms with Crippen LogP contribution in [-0.2, 0) is 7.05 Å². The van der Waals surface area contributed by atoms with E-state index in [1.807, 2.05) is 11.4 Å². The number of nitrogens with zero attached hydrogens (tertiary/aromatic N) is 2. The molecule has 0 saturated heterocycles. The number of carbonyl (C=O) groups excluding carboxylic acids is 1. The van der Waals surface area contributed by atoms with Gasteiger partial charge in [0.05, 0.1) is 11.8 Å². The van der Waals surface area contributed by atoms with Crippen molar-refractivity contribution in [3.8, 4) is 0 Å². The number of amides is 1. The number of hydrogen-bond acceptors (Lipinski definition) is 4. The maximum Gasteiger partial charge on any atom is 0.268 e. The van der Waals surface area contributed by atoms with Crippen LogP contribution in [0.3, 0.4) is 0 Å². The zero-order valence-corrected chi connectivity index (χ0v) is 12.5. The third-order valence-corrected chi connectivity index (χ3v) is 4.32. The van der Waals surface area contributed by atoms with E-state index in [9.17, 15) is 4.79 Å². The molecule has 0 fully saturated rings. The summed E-state index contributed by atoms with van der Waals surface area (Å²) in [6, 6.07) is 1.82. The summed E-state index contributed by atoms with van der Waals surface area (Å²) in [7, 11) is 1.71. The highest BCUT2D eigenvalue weighted by molar-refractivity contribution is 9.10. The summed E-state index contributed by atoms with van der Waals surface area (Å²) in [6.07, 6.45) is 1.53. The fourth-order valence-electron chi connectivity index (χ4n) is 1.39. The molecule has 5 nitrogen and oxygen atoms in total. The van der Waals surface area contributed by atoms with E-state index in [1.165, 1.54) is 22.2 Å². The van der Waals surface area contributed by atoms with Gasteiger partial charge in [0.25, 0.3) is 5.91 Å². The molecule has 0 saturated carbocycles. The topological polar surface area (TPSA) is 72.9 Å². The molecule has 2 aromatic heterocycles. The lowest BCUT2D eigenvalue weighted by Gasteiger charge is -2.07. The summed E-state index contributed by atoms with van der Waals surface area (Å²) in [4.78, 5) is 12.9. The van der Waals surface area contributed by atoms with Crippen molar-refractivity contribution in [1.82, 2.24) is 9.78 Å². The molecule has 8 heteroatoms. The molecule has 2 heterocycles. The lowest BCUT2D eigenvalue weighted by molar-refractivity contribution is 0.102. The number of thiocarbonyl (C=S) groups is 1. The number of anilines is 1. The van der Waals surface area contributed by atoms with Gasteiger partial charge in [-0.1, -0.05) is 12.2 Å². The van der Waals surface area contributed by atoms with Crippen LogP contribution in [0.1, 0.15) is 15.2 Å². The van der Waals surface area contributed by atoms with E-state index in [0.29, 0.717) is 16.3 Å². The molecule has 0 radical (unpaired) electrons. The molecule has 0 aliphatic carbocycles. The second kappa shape index (κ2) is 5.17. The highest BCUT2D eigenvalue weighted by atomic mass is 79.9. The molecule has 2 rings (SSSR count). The Morgan fingerprint density at radius 2 is 2.39 bits per heavy atom. The lowest BCUT2D eigenvalue weighted by Crippen LogP contribution is -2.18. The molecule has 18 heavy (non-hydrogen) atoms. The predicted octanol–water partition coefficient (Wildman–Crippen LogP) is 2.13. The first-order valence-electron chi connectivity index (χ1n) is 4.87. The SMILES string of the molecule is Cn1ncc(C(N)=S)c1NC(=O)c1sccc1Br. The van der Waals surface area contributed by atoms with E-state index < -0.39 is 0 Å². The summed E-state index contributed by atoms with van der Waals surface area (Å²) < 4.78 is 2.28. The van der Waals surface area contributed by atoms with Gasteiger partial charge in [0.15, 0.2) is 0 Å². The molecule has 0 aromatic carbocycles. The Morgan fingerprint density at radius 1 is 1.67 bits per heavy atom. The molecule has 0 spiro atoms. The van der Waals surface area contributed by atoms with Crippen LogP contribution in [0.5, 0.6) is 0 Å². The number of nitrogens with one attached hydrogen (secondary N) is 1. The van der Waals surface area contributed by atoms with Gasteiger partial charge in [0, 0.05) is 11.5 Å². The first-order chi connectivity index (χ1) is 8.50. The van der Waals surface area contributed by atoms with Crippen molar-refractivity contribution >= 4 is 56.2 Å². The fraction of sp³-hybridized carbons (Fsp3) is 0.100. The van der Waals surface area contributed by atoms with Crippen LogP contribution in [-0.4, -0.2) is 20.7 Å². The van der Waals surface area contributed by atoms with Crippen LogP contribution in [0.15, 0.2) is 22.1 Å². The molecular formula is C10H9BrN4OS2. The largest absolute Gasteiger partial charge is 0.389 e. The van der Waals surface area contributed by atoms with Crippen LogP contribution in [0.25, 0.3) is 0 Å². The fourth-order valence-corrected chi connectivity index (χ4v) is 2.98. The van der Waals surface area contributed by atoms with Gasteiger partial charge in [-0.3, -0.25) is 9.48 Å². The third kappa shape index (κ3) is 2.45. The van der Waals surface area contributed by atoms with Crippen LogP contribution >= 0.6 is 39.5 Å². The average Bonchev–Trinajstić information content (AvgIpc) is 2.86. The number of carbonyl (C=O) groups is 1. The molecular weight excluding hydrogens is 336 g/mol. The minimum Gasteiger partial charge on any atom is -0.389 e. The highest BCUT2D eigenvalue weighted by Crippen LogP contribution is 2.24. The van der Waals surface area contributed by atoms with Crippen molar-refractivity contribution in [2.45, 2.75) is 0 Å². The van der Waals surface area contributed by atoms with Gasteiger partial charge >= 0.3 is 0 Å². The Hall–Kier alpha value is -1.25.